The average molecular weight is 322 g/mol. The Kier molecular flexibility index (Phi) is 5.26. The van der Waals surface area contributed by atoms with E-state index in [2.05, 4.69) is 10.2 Å². The maximum atomic E-state index is 11.1. The van der Waals surface area contributed by atoms with Gasteiger partial charge in [0.15, 0.2) is 11.0 Å². The number of carbonyl (C=O) groups excluding carboxylic acids is 1. The fraction of sp³-hybridized carbons (Fsp3) is 0.357. The third kappa shape index (κ3) is 3.91. The molecule has 118 valence electrons. The first-order chi connectivity index (χ1) is 10.5. The molecule has 1 amide bonds. The topological polar surface area (TPSA) is 92.3 Å². The minimum absolute atomic E-state index is 0.279. The minimum Gasteiger partial charge on any atom is -0.497 e. The second-order valence-electron chi connectivity index (χ2n) is 4.58. The van der Waals surface area contributed by atoms with Crippen LogP contribution in [0.15, 0.2) is 29.4 Å². The molecule has 22 heavy (non-hydrogen) atoms. The Hall–Kier alpha value is -2.22. The number of rotatable bonds is 7. The van der Waals surface area contributed by atoms with Crippen LogP contribution >= 0.6 is 11.8 Å². The van der Waals surface area contributed by atoms with Gasteiger partial charge in [-0.2, -0.15) is 0 Å². The summed E-state index contributed by atoms with van der Waals surface area (Å²) in [6.45, 7) is 2.01. The lowest BCUT2D eigenvalue weighted by Gasteiger charge is -2.08. The van der Waals surface area contributed by atoms with Gasteiger partial charge in [-0.1, -0.05) is 11.8 Å². The van der Waals surface area contributed by atoms with Gasteiger partial charge in [0.05, 0.1) is 12.4 Å². The standard InChI is InChI=1S/C14H18N4O3S/c1-9(13(15)19)22-14-17-16-12(18(14)2)8-21-11-6-4-10(20-3)5-7-11/h4-7,9H,8H2,1-3H3,(H2,15,19)/t9-/m0/s1. The van der Waals surface area contributed by atoms with Gasteiger partial charge in [0.2, 0.25) is 5.91 Å². The van der Waals surface area contributed by atoms with Crippen LogP contribution in [-0.2, 0) is 18.4 Å². The largest absolute Gasteiger partial charge is 0.497 e. The van der Waals surface area contributed by atoms with Crippen LogP contribution in [0.25, 0.3) is 0 Å². The van der Waals surface area contributed by atoms with E-state index < -0.39 is 0 Å². The van der Waals surface area contributed by atoms with Gasteiger partial charge in [-0.15, -0.1) is 10.2 Å². The Labute approximate surface area is 132 Å². The molecule has 0 aliphatic heterocycles. The van der Waals surface area contributed by atoms with E-state index in [0.717, 1.165) is 5.75 Å². The maximum Gasteiger partial charge on any atom is 0.230 e. The molecule has 8 heteroatoms. The SMILES string of the molecule is COc1ccc(OCc2nnc(S[C@@H](C)C(N)=O)n2C)cc1. The Bertz CT molecular complexity index is 642. The van der Waals surface area contributed by atoms with Gasteiger partial charge in [0, 0.05) is 7.05 Å². The van der Waals surface area contributed by atoms with Crippen LogP contribution in [0.3, 0.4) is 0 Å². The number of benzene rings is 1. The van der Waals surface area contributed by atoms with Crippen molar-refractivity contribution in [1.82, 2.24) is 14.8 Å². The van der Waals surface area contributed by atoms with E-state index in [-0.39, 0.29) is 17.8 Å². The molecule has 0 unspecified atom stereocenters. The molecule has 1 aromatic heterocycles. The number of hydrogen-bond donors (Lipinski definition) is 1. The number of thioether (sulfide) groups is 1. The number of hydrogen-bond acceptors (Lipinski definition) is 6. The number of methoxy groups -OCH3 is 1. The molecule has 0 saturated carbocycles. The summed E-state index contributed by atoms with van der Waals surface area (Å²) in [6, 6.07) is 7.28. The summed E-state index contributed by atoms with van der Waals surface area (Å²) in [5, 5.41) is 8.38. The summed E-state index contributed by atoms with van der Waals surface area (Å²) in [5.74, 6) is 1.76. The molecule has 2 rings (SSSR count). The maximum absolute atomic E-state index is 11.1. The van der Waals surface area contributed by atoms with Gasteiger partial charge in [0.25, 0.3) is 0 Å². The average Bonchev–Trinajstić information content (AvgIpc) is 2.86. The van der Waals surface area contributed by atoms with Gasteiger partial charge in [-0.25, -0.2) is 0 Å². The van der Waals surface area contributed by atoms with Gasteiger partial charge >= 0.3 is 0 Å². The molecule has 0 aliphatic rings. The van der Waals surface area contributed by atoms with Gasteiger partial charge in [-0.3, -0.25) is 4.79 Å². The summed E-state index contributed by atoms with van der Waals surface area (Å²) in [5.41, 5.74) is 5.25. The molecular formula is C14H18N4O3S. The summed E-state index contributed by atoms with van der Waals surface area (Å²) >= 11 is 1.27. The predicted octanol–water partition coefficient (Wildman–Crippen LogP) is 1.37. The van der Waals surface area contributed by atoms with Crippen molar-refractivity contribution in [2.24, 2.45) is 12.8 Å². The van der Waals surface area contributed by atoms with E-state index >= 15 is 0 Å². The minimum atomic E-state index is -0.385. The fourth-order valence-corrected chi connectivity index (χ4v) is 2.39. The van der Waals surface area contributed by atoms with Crippen LogP contribution in [0.5, 0.6) is 11.5 Å². The number of amides is 1. The molecule has 1 atom stereocenters. The summed E-state index contributed by atoms with van der Waals surface area (Å²) in [6.07, 6.45) is 0. The summed E-state index contributed by atoms with van der Waals surface area (Å²) in [4.78, 5) is 11.1. The van der Waals surface area contributed by atoms with Crippen LogP contribution in [-0.4, -0.2) is 33.0 Å². The molecule has 0 aliphatic carbocycles. The molecule has 0 bridgehead atoms. The first-order valence-corrected chi connectivity index (χ1v) is 7.50. The molecule has 0 spiro atoms. The first-order valence-electron chi connectivity index (χ1n) is 6.62. The molecule has 0 saturated heterocycles. The molecule has 2 N–H and O–H groups in total. The van der Waals surface area contributed by atoms with Crippen LogP contribution in [0.4, 0.5) is 0 Å². The normalized spacial score (nSPS) is 12.0. The molecule has 1 heterocycles. The van der Waals surface area contributed by atoms with Crippen molar-refractivity contribution >= 4 is 17.7 Å². The van der Waals surface area contributed by atoms with Crippen molar-refractivity contribution in [3.8, 4) is 11.5 Å². The summed E-state index contributed by atoms with van der Waals surface area (Å²) in [7, 11) is 3.43. The number of nitrogens with two attached hydrogens (primary N) is 1. The second-order valence-corrected chi connectivity index (χ2v) is 5.89. The van der Waals surface area contributed by atoms with Gasteiger partial charge in [0.1, 0.15) is 18.1 Å². The Balaban J connectivity index is 1.98. The molecule has 2 aromatic rings. The number of carbonyl (C=O) groups is 1. The second kappa shape index (κ2) is 7.17. The lowest BCUT2D eigenvalue weighted by molar-refractivity contribution is -0.117. The highest BCUT2D eigenvalue weighted by atomic mass is 32.2. The Morgan fingerprint density at radius 1 is 1.32 bits per heavy atom. The zero-order valence-corrected chi connectivity index (χ0v) is 13.5. The molecule has 0 fully saturated rings. The highest BCUT2D eigenvalue weighted by molar-refractivity contribution is 8.00. The highest BCUT2D eigenvalue weighted by Crippen LogP contribution is 2.22. The van der Waals surface area contributed by atoms with E-state index in [0.29, 0.717) is 16.7 Å². The van der Waals surface area contributed by atoms with Crippen molar-refractivity contribution in [2.75, 3.05) is 7.11 Å². The van der Waals surface area contributed by atoms with E-state index in [4.69, 9.17) is 15.2 Å². The van der Waals surface area contributed by atoms with Crippen LogP contribution < -0.4 is 15.2 Å². The van der Waals surface area contributed by atoms with Crippen molar-refractivity contribution in [3.63, 3.8) is 0 Å². The number of nitrogens with zero attached hydrogens (tertiary/aromatic N) is 3. The van der Waals surface area contributed by atoms with Gasteiger partial charge < -0.3 is 19.8 Å². The van der Waals surface area contributed by atoms with Crippen LogP contribution in [0.2, 0.25) is 0 Å². The summed E-state index contributed by atoms with van der Waals surface area (Å²) < 4.78 is 12.5. The third-order valence-corrected chi connectivity index (χ3v) is 4.19. The zero-order chi connectivity index (χ0) is 16.1. The monoisotopic (exact) mass is 322 g/mol. The predicted molar refractivity (Wildman–Crippen MR) is 82.8 cm³/mol. The van der Waals surface area contributed by atoms with Gasteiger partial charge in [-0.05, 0) is 31.2 Å². The molecule has 0 radical (unpaired) electrons. The van der Waals surface area contributed by atoms with Crippen molar-refractivity contribution in [2.45, 2.75) is 23.9 Å². The van der Waals surface area contributed by atoms with E-state index in [1.807, 2.05) is 31.3 Å². The van der Waals surface area contributed by atoms with Crippen molar-refractivity contribution in [1.29, 1.82) is 0 Å². The Morgan fingerprint density at radius 2 is 1.95 bits per heavy atom. The lowest BCUT2D eigenvalue weighted by Crippen LogP contribution is -2.23. The van der Waals surface area contributed by atoms with E-state index in [9.17, 15) is 4.79 Å². The zero-order valence-electron chi connectivity index (χ0n) is 12.6. The van der Waals surface area contributed by atoms with Crippen LogP contribution in [0, 0.1) is 0 Å². The smallest absolute Gasteiger partial charge is 0.230 e. The third-order valence-electron chi connectivity index (χ3n) is 3.04. The van der Waals surface area contributed by atoms with Crippen LogP contribution in [0.1, 0.15) is 12.7 Å². The van der Waals surface area contributed by atoms with E-state index in [1.54, 1.807) is 18.6 Å². The highest BCUT2D eigenvalue weighted by Gasteiger charge is 2.16. The van der Waals surface area contributed by atoms with Crippen molar-refractivity contribution in [3.05, 3.63) is 30.1 Å². The number of ether oxygens (including phenoxy) is 2. The number of aromatic nitrogens is 3. The van der Waals surface area contributed by atoms with E-state index in [1.165, 1.54) is 11.8 Å². The lowest BCUT2D eigenvalue weighted by atomic mass is 10.3. The molecule has 7 nitrogen and oxygen atoms in total. The molecule has 1 aromatic carbocycles. The fourth-order valence-electron chi connectivity index (χ4n) is 1.61. The van der Waals surface area contributed by atoms with Crippen molar-refractivity contribution < 1.29 is 14.3 Å². The Morgan fingerprint density at radius 3 is 2.55 bits per heavy atom. The molecular weight excluding hydrogens is 304 g/mol. The quantitative estimate of drug-likeness (QED) is 0.774. The first kappa shape index (κ1) is 16.2. The number of primary amides is 1.